The number of carboxylic acid groups (broad SMARTS) is 1. The van der Waals surface area contributed by atoms with E-state index in [-0.39, 0.29) is 0 Å². The van der Waals surface area contributed by atoms with Crippen molar-refractivity contribution in [3.8, 4) is 0 Å². The van der Waals surface area contributed by atoms with Crippen LogP contribution in [0.2, 0.25) is 0 Å². The summed E-state index contributed by atoms with van der Waals surface area (Å²) in [5, 5.41) is 8.67. The molecule has 0 aliphatic rings. The first-order valence-corrected chi connectivity index (χ1v) is 3.71. The van der Waals surface area contributed by atoms with E-state index in [1.807, 2.05) is 0 Å². The molecule has 0 saturated carbocycles. The van der Waals surface area contributed by atoms with Crippen LogP contribution in [-0.4, -0.2) is 17.9 Å². The molecule has 1 rings (SSSR count). The van der Waals surface area contributed by atoms with Crippen molar-refractivity contribution in [2.75, 3.05) is 6.86 Å². The van der Waals surface area contributed by atoms with Gasteiger partial charge in [0.25, 0.3) is 0 Å². The molecule has 1 atom stereocenters. The second-order valence-electron chi connectivity index (χ2n) is 2.40. The van der Waals surface area contributed by atoms with E-state index in [1.165, 1.54) is 0 Å². The highest BCUT2D eigenvalue weighted by Gasteiger charge is 2.19. The Kier molecular flexibility index (Phi) is 3.40. The van der Waals surface area contributed by atoms with Crippen LogP contribution >= 0.6 is 0 Å². The Morgan fingerprint density at radius 1 is 1.46 bits per heavy atom. The number of hydrogen-bond acceptors (Lipinski definition) is 2. The van der Waals surface area contributed by atoms with Crippen LogP contribution < -0.4 is 0 Å². The third-order valence-electron chi connectivity index (χ3n) is 1.56. The Hall–Kier alpha value is -1.42. The maximum Gasteiger partial charge on any atom is 0.337 e. The fourth-order valence-electron chi connectivity index (χ4n) is 1.00. The molecule has 1 aromatic rings. The van der Waals surface area contributed by atoms with Crippen LogP contribution in [0.5, 0.6) is 0 Å². The number of aliphatic carboxylic acids is 1. The van der Waals surface area contributed by atoms with Crippen molar-refractivity contribution in [3.63, 3.8) is 0 Å². The van der Waals surface area contributed by atoms with Crippen LogP contribution in [-0.2, 0) is 9.53 Å². The van der Waals surface area contributed by atoms with E-state index in [0.717, 1.165) is 0 Å². The van der Waals surface area contributed by atoms with Gasteiger partial charge in [0.2, 0.25) is 0 Å². The smallest absolute Gasteiger partial charge is 0.337 e. The third-order valence-corrected chi connectivity index (χ3v) is 1.56. The molecule has 0 unspecified atom stereocenters. The van der Waals surface area contributed by atoms with Crippen molar-refractivity contribution < 1.29 is 19.0 Å². The summed E-state index contributed by atoms with van der Waals surface area (Å²) in [6, 6.07) is 8.25. The quantitative estimate of drug-likeness (QED) is 0.775. The first kappa shape index (κ1) is 9.67. The number of alkyl halides is 1. The van der Waals surface area contributed by atoms with E-state index < -0.39 is 18.9 Å². The van der Waals surface area contributed by atoms with Gasteiger partial charge in [-0.3, -0.25) is 0 Å². The third kappa shape index (κ3) is 2.52. The van der Waals surface area contributed by atoms with E-state index >= 15 is 0 Å². The standard InChI is InChI=1S/C9H9FO3/c10-6-13-8(9(11)12)7-4-2-1-3-5-7/h1-5,8H,6H2,(H,11,12)/t8-/m0/s1. The number of ether oxygens (including phenoxy) is 1. The zero-order chi connectivity index (χ0) is 9.68. The second-order valence-corrected chi connectivity index (χ2v) is 2.40. The lowest BCUT2D eigenvalue weighted by Crippen LogP contribution is -2.14. The van der Waals surface area contributed by atoms with Crippen molar-refractivity contribution >= 4 is 5.97 Å². The minimum Gasteiger partial charge on any atom is -0.479 e. The molecule has 0 aromatic heterocycles. The Morgan fingerprint density at radius 3 is 2.54 bits per heavy atom. The summed E-state index contributed by atoms with van der Waals surface area (Å²) in [6.45, 7) is -1.11. The summed E-state index contributed by atoms with van der Waals surface area (Å²) >= 11 is 0. The summed E-state index contributed by atoms with van der Waals surface area (Å²) in [5.74, 6) is -1.19. The van der Waals surface area contributed by atoms with Crippen LogP contribution in [0.1, 0.15) is 11.7 Å². The lowest BCUT2D eigenvalue weighted by molar-refractivity contribution is -0.154. The normalized spacial score (nSPS) is 12.4. The molecule has 0 aliphatic carbocycles. The summed E-state index contributed by atoms with van der Waals surface area (Å²) < 4.78 is 16.2. The molecule has 0 bridgehead atoms. The number of rotatable bonds is 4. The molecule has 1 N–H and O–H groups in total. The van der Waals surface area contributed by atoms with Crippen LogP contribution in [0.3, 0.4) is 0 Å². The summed E-state index contributed by atoms with van der Waals surface area (Å²) in [4.78, 5) is 10.6. The van der Waals surface area contributed by atoms with Crippen molar-refractivity contribution in [1.82, 2.24) is 0 Å². The van der Waals surface area contributed by atoms with E-state index in [0.29, 0.717) is 5.56 Å². The topological polar surface area (TPSA) is 46.5 Å². The molecule has 0 saturated heterocycles. The molecule has 70 valence electrons. The highest BCUT2D eigenvalue weighted by molar-refractivity contribution is 5.74. The van der Waals surface area contributed by atoms with Crippen LogP contribution in [0.15, 0.2) is 30.3 Å². The molecular formula is C9H9FO3. The largest absolute Gasteiger partial charge is 0.479 e. The van der Waals surface area contributed by atoms with Crippen molar-refractivity contribution in [1.29, 1.82) is 0 Å². The van der Waals surface area contributed by atoms with Gasteiger partial charge in [-0.2, -0.15) is 0 Å². The lowest BCUT2D eigenvalue weighted by atomic mass is 10.1. The monoisotopic (exact) mass is 184 g/mol. The van der Waals surface area contributed by atoms with E-state index in [1.54, 1.807) is 30.3 Å². The molecule has 0 heterocycles. The average molecular weight is 184 g/mol. The predicted octanol–water partition coefficient (Wildman–Crippen LogP) is 1.76. The van der Waals surface area contributed by atoms with Crippen molar-refractivity contribution in [2.24, 2.45) is 0 Å². The van der Waals surface area contributed by atoms with Gasteiger partial charge in [0.15, 0.2) is 13.0 Å². The Balaban J connectivity index is 2.82. The summed E-state index contributed by atoms with van der Waals surface area (Å²) in [6.07, 6.45) is -1.22. The van der Waals surface area contributed by atoms with Gasteiger partial charge >= 0.3 is 5.97 Å². The number of halogens is 1. The zero-order valence-electron chi connectivity index (χ0n) is 6.81. The fourth-order valence-corrected chi connectivity index (χ4v) is 1.00. The molecule has 13 heavy (non-hydrogen) atoms. The Morgan fingerprint density at radius 2 is 2.08 bits per heavy atom. The molecule has 4 heteroatoms. The van der Waals surface area contributed by atoms with Crippen LogP contribution in [0.25, 0.3) is 0 Å². The second kappa shape index (κ2) is 4.57. The molecule has 1 aromatic carbocycles. The Bertz CT molecular complexity index is 273. The highest BCUT2D eigenvalue weighted by Crippen LogP contribution is 2.16. The molecule has 0 radical (unpaired) electrons. The average Bonchev–Trinajstić information content (AvgIpc) is 2.15. The number of carbonyl (C=O) groups is 1. The van der Waals surface area contributed by atoms with Crippen molar-refractivity contribution in [3.05, 3.63) is 35.9 Å². The fraction of sp³-hybridized carbons (Fsp3) is 0.222. The van der Waals surface area contributed by atoms with Gasteiger partial charge in [0.05, 0.1) is 0 Å². The predicted molar refractivity (Wildman–Crippen MR) is 43.9 cm³/mol. The number of benzene rings is 1. The minimum absolute atomic E-state index is 0.438. The van der Waals surface area contributed by atoms with Crippen LogP contribution in [0.4, 0.5) is 4.39 Å². The molecule has 0 spiro atoms. The summed E-state index contributed by atoms with van der Waals surface area (Å²) in [7, 11) is 0. The van der Waals surface area contributed by atoms with Gasteiger partial charge in [-0.1, -0.05) is 30.3 Å². The lowest BCUT2D eigenvalue weighted by Gasteiger charge is -2.10. The Labute approximate surface area is 74.8 Å². The first-order chi connectivity index (χ1) is 6.25. The SMILES string of the molecule is O=C(O)[C@@H](OCF)c1ccccc1. The molecule has 3 nitrogen and oxygen atoms in total. The van der Waals surface area contributed by atoms with E-state index in [2.05, 4.69) is 4.74 Å². The van der Waals surface area contributed by atoms with Gasteiger partial charge in [0.1, 0.15) is 0 Å². The minimum atomic E-state index is -1.22. The molecule has 0 aliphatic heterocycles. The van der Waals surface area contributed by atoms with Gasteiger partial charge in [-0.25, -0.2) is 9.18 Å². The van der Waals surface area contributed by atoms with Gasteiger partial charge in [-0.15, -0.1) is 0 Å². The number of carboxylic acids is 1. The van der Waals surface area contributed by atoms with Gasteiger partial charge in [0, 0.05) is 0 Å². The van der Waals surface area contributed by atoms with E-state index in [9.17, 15) is 9.18 Å². The van der Waals surface area contributed by atoms with Gasteiger partial charge in [-0.05, 0) is 5.56 Å². The summed E-state index contributed by atoms with van der Waals surface area (Å²) in [5.41, 5.74) is 0.438. The molecule has 0 amide bonds. The zero-order valence-corrected chi connectivity index (χ0v) is 6.81. The van der Waals surface area contributed by atoms with Crippen LogP contribution in [0, 0.1) is 0 Å². The maximum atomic E-state index is 11.8. The highest BCUT2D eigenvalue weighted by atomic mass is 19.1. The molecule has 0 fully saturated rings. The van der Waals surface area contributed by atoms with Crippen molar-refractivity contribution in [2.45, 2.75) is 6.10 Å². The van der Waals surface area contributed by atoms with Gasteiger partial charge < -0.3 is 9.84 Å². The van der Waals surface area contributed by atoms with E-state index in [4.69, 9.17) is 5.11 Å². The molecular weight excluding hydrogens is 175 g/mol. The first-order valence-electron chi connectivity index (χ1n) is 3.71. The maximum absolute atomic E-state index is 11.8. The number of hydrogen-bond donors (Lipinski definition) is 1.